The third-order valence-corrected chi connectivity index (χ3v) is 6.34. The highest BCUT2D eigenvalue weighted by Crippen LogP contribution is 2.29. The van der Waals surface area contributed by atoms with Gasteiger partial charge in [0, 0.05) is 18.7 Å². The number of amides is 1. The topological polar surface area (TPSA) is 61.9 Å². The molecule has 5 nitrogen and oxygen atoms in total. The fraction of sp³-hybridized carbons (Fsp3) is 0.550. The molecule has 1 aromatic heterocycles. The van der Waals surface area contributed by atoms with E-state index in [2.05, 4.69) is 21.2 Å². The van der Waals surface area contributed by atoms with Gasteiger partial charge in [-0.1, -0.05) is 55.6 Å². The lowest BCUT2D eigenvalue weighted by molar-refractivity contribution is -0.116. The molecule has 0 bridgehead atoms. The first-order valence-electron chi connectivity index (χ1n) is 9.72. The summed E-state index contributed by atoms with van der Waals surface area (Å²) < 4.78 is 0. The number of benzene rings is 1. The average Bonchev–Trinajstić information content (AvgIpc) is 3.35. The van der Waals surface area contributed by atoms with E-state index in [1.807, 2.05) is 23.1 Å². The van der Waals surface area contributed by atoms with Crippen molar-refractivity contribution in [2.45, 2.75) is 56.5 Å². The summed E-state index contributed by atoms with van der Waals surface area (Å²) in [5.41, 5.74) is 2.33. The van der Waals surface area contributed by atoms with Crippen LogP contribution >= 0.6 is 11.8 Å². The van der Waals surface area contributed by atoms with E-state index in [4.69, 9.17) is 0 Å². The van der Waals surface area contributed by atoms with Crippen LogP contribution in [-0.2, 0) is 17.6 Å². The summed E-state index contributed by atoms with van der Waals surface area (Å²) in [5, 5.41) is 8.01. The quantitative estimate of drug-likeness (QED) is 0.781. The first-order valence-corrected chi connectivity index (χ1v) is 10.7. The number of H-pyrrole nitrogens is 1. The van der Waals surface area contributed by atoms with Gasteiger partial charge in [0.1, 0.15) is 5.82 Å². The van der Waals surface area contributed by atoms with Crippen LogP contribution < -0.4 is 4.90 Å². The molecule has 6 heteroatoms. The molecule has 1 amide bonds. The number of carbonyl (C=O) groups excluding carboxylic acids is 1. The summed E-state index contributed by atoms with van der Waals surface area (Å²) in [7, 11) is 0. The molecule has 0 radical (unpaired) electrons. The van der Waals surface area contributed by atoms with Gasteiger partial charge in [0.25, 0.3) is 0 Å². The number of nitrogens with zero attached hydrogens (tertiary/aromatic N) is 3. The van der Waals surface area contributed by atoms with Gasteiger partial charge >= 0.3 is 0 Å². The molecule has 1 aliphatic heterocycles. The Morgan fingerprint density at radius 2 is 2.08 bits per heavy atom. The lowest BCUT2D eigenvalue weighted by atomic mass is 10.0. The summed E-state index contributed by atoms with van der Waals surface area (Å²) in [6, 6.07) is 8.21. The van der Waals surface area contributed by atoms with E-state index < -0.39 is 0 Å². The van der Waals surface area contributed by atoms with Gasteiger partial charge < -0.3 is 4.90 Å². The molecule has 1 saturated carbocycles. The van der Waals surface area contributed by atoms with E-state index in [9.17, 15) is 4.79 Å². The molecule has 0 unspecified atom stereocenters. The Kier molecular flexibility index (Phi) is 5.58. The van der Waals surface area contributed by atoms with E-state index in [1.165, 1.54) is 49.4 Å². The van der Waals surface area contributed by atoms with Gasteiger partial charge in [0.05, 0.1) is 5.75 Å². The first kappa shape index (κ1) is 17.6. The van der Waals surface area contributed by atoms with Crippen molar-refractivity contribution in [2.75, 3.05) is 17.2 Å². The fourth-order valence-electron chi connectivity index (χ4n) is 4.09. The number of hydrogen-bond acceptors (Lipinski definition) is 4. The standard InChI is InChI=1S/C20H26N4OS/c25-19(24-13-5-9-16-8-3-4-10-17(16)24)14-26-20-21-18(22-23-20)12-11-15-6-1-2-7-15/h3-4,8,10,15H,1-2,5-7,9,11-14H2,(H,21,22,23). The van der Waals surface area contributed by atoms with Crippen molar-refractivity contribution in [3.8, 4) is 0 Å². The van der Waals surface area contributed by atoms with Crippen LogP contribution in [-0.4, -0.2) is 33.4 Å². The van der Waals surface area contributed by atoms with Crippen molar-refractivity contribution in [2.24, 2.45) is 5.92 Å². The molecule has 26 heavy (non-hydrogen) atoms. The van der Waals surface area contributed by atoms with Crippen molar-refractivity contribution in [3.05, 3.63) is 35.7 Å². The second-order valence-electron chi connectivity index (χ2n) is 7.32. The van der Waals surface area contributed by atoms with Crippen LogP contribution in [0.1, 0.15) is 49.9 Å². The molecule has 1 aromatic carbocycles. The Hall–Kier alpha value is -1.82. The molecule has 0 saturated heterocycles. The second kappa shape index (κ2) is 8.25. The molecule has 0 spiro atoms. The summed E-state index contributed by atoms with van der Waals surface area (Å²) in [6.45, 7) is 0.803. The van der Waals surface area contributed by atoms with E-state index in [-0.39, 0.29) is 5.91 Å². The second-order valence-corrected chi connectivity index (χ2v) is 8.26. The smallest absolute Gasteiger partial charge is 0.237 e. The molecular weight excluding hydrogens is 344 g/mol. The predicted molar refractivity (Wildman–Crippen MR) is 105 cm³/mol. The highest BCUT2D eigenvalue weighted by atomic mass is 32.2. The number of aryl methyl sites for hydroxylation is 2. The van der Waals surface area contributed by atoms with Gasteiger partial charge in [-0.2, -0.15) is 0 Å². The Bertz CT molecular complexity index is 754. The van der Waals surface area contributed by atoms with Gasteiger partial charge in [-0.05, 0) is 36.8 Å². The highest BCUT2D eigenvalue weighted by Gasteiger charge is 2.22. The number of carbonyl (C=O) groups is 1. The number of nitrogens with one attached hydrogen (secondary N) is 1. The van der Waals surface area contributed by atoms with Crippen molar-refractivity contribution < 1.29 is 4.79 Å². The van der Waals surface area contributed by atoms with Gasteiger partial charge in [0.2, 0.25) is 11.1 Å². The van der Waals surface area contributed by atoms with Crippen LogP contribution in [0, 0.1) is 5.92 Å². The zero-order valence-electron chi connectivity index (χ0n) is 15.1. The summed E-state index contributed by atoms with van der Waals surface area (Å²) in [4.78, 5) is 19.2. The lowest BCUT2D eigenvalue weighted by Gasteiger charge is -2.29. The average molecular weight is 371 g/mol. The first-order chi connectivity index (χ1) is 12.8. The molecular formula is C20H26N4OS. The summed E-state index contributed by atoms with van der Waals surface area (Å²) in [6.07, 6.45) is 9.73. The van der Waals surface area contributed by atoms with Gasteiger partial charge in [-0.3, -0.25) is 9.89 Å². The Labute approximate surface area is 159 Å². The van der Waals surface area contributed by atoms with E-state index >= 15 is 0 Å². The van der Waals surface area contributed by atoms with Crippen LogP contribution in [0.25, 0.3) is 0 Å². The Morgan fingerprint density at radius 1 is 1.23 bits per heavy atom. The van der Waals surface area contributed by atoms with Crippen molar-refractivity contribution in [1.29, 1.82) is 0 Å². The van der Waals surface area contributed by atoms with E-state index in [0.29, 0.717) is 10.9 Å². The molecule has 2 aliphatic rings. The number of thioether (sulfide) groups is 1. The largest absolute Gasteiger partial charge is 0.311 e. The molecule has 0 atom stereocenters. The normalized spacial score (nSPS) is 17.5. The monoisotopic (exact) mass is 370 g/mol. The maximum absolute atomic E-state index is 12.7. The van der Waals surface area contributed by atoms with Crippen LogP contribution in [0.4, 0.5) is 5.69 Å². The summed E-state index contributed by atoms with van der Waals surface area (Å²) in [5.74, 6) is 2.33. The number of anilines is 1. The minimum Gasteiger partial charge on any atom is -0.311 e. The number of aromatic nitrogens is 3. The molecule has 1 fully saturated rings. The maximum Gasteiger partial charge on any atom is 0.237 e. The van der Waals surface area contributed by atoms with Gasteiger partial charge in [-0.25, -0.2) is 4.98 Å². The molecule has 2 aromatic rings. The van der Waals surface area contributed by atoms with Crippen molar-refractivity contribution >= 4 is 23.4 Å². The molecule has 1 N–H and O–H groups in total. The van der Waals surface area contributed by atoms with Crippen molar-refractivity contribution in [1.82, 2.24) is 15.2 Å². The minimum atomic E-state index is 0.138. The Morgan fingerprint density at radius 3 is 2.96 bits per heavy atom. The molecule has 4 rings (SSSR count). The van der Waals surface area contributed by atoms with Crippen LogP contribution in [0.15, 0.2) is 29.4 Å². The van der Waals surface area contributed by atoms with Gasteiger partial charge in [-0.15, -0.1) is 5.10 Å². The van der Waals surface area contributed by atoms with E-state index in [0.717, 1.165) is 43.2 Å². The third kappa shape index (κ3) is 4.11. The molecule has 1 aliphatic carbocycles. The zero-order valence-corrected chi connectivity index (χ0v) is 15.9. The fourth-order valence-corrected chi connectivity index (χ4v) is 4.78. The molecule has 138 valence electrons. The minimum absolute atomic E-state index is 0.138. The molecule has 2 heterocycles. The Balaban J connectivity index is 1.30. The number of hydrogen-bond donors (Lipinski definition) is 1. The third-order valence-electron chi connectivity index (χ3n) is 5.51. The van der Waals surface area contributed by atoms with Crippen LogP contribution in [0.3, 0.4) is 0 Å². The van der Waals surface area contributed by atoms with Crippen LogP contribution in [0.5, 0.6) is 0 Å². The van der Waals surface area contributed by atoms with Crippen molar-refractivity contribution in [3.63, 3.8) is 0 Å². The zero-order chi connectivity index (χ0) is 17.8. The predicted octanol–water partition coefficient (Wildman–Crippen LogP) is 4.00. The van der Waals surface area contributed by atoms with Crippen LogP contribution in [0.2, 0.25) is 0 Å². The van der Waals surface area contributed by atoms with E-state index in [1.54, 1.807) is 0 Å². The number of aromatic amines is 1. The summed E-state index contributed by atoms with van der Waals surface area (Å²) >= 11 is 1.43. The maximum atomic E-state index is 12.7. The van der Waals surface area contributed by atoms with Gasteiger partial charge in [0.15, 0.2) is 0 Å². The number of fused-ring (bicyclic) bond motifs is 1. The lowest BCUT2D eigenvalue weighted by Crippen LogP contribution is -2.36. The highest BCUT2D eigenvalue weighted by molar-refractivity contribution is 7.99. The number of rotatable bonds is 6. The SMILES string of the molecule is O=C(CSc1n[nH]c(CCC2CCCC2)n1)N1CCCc2ccccc21. The number of para-hydroxylation sites is 1.